The van der Waals surface area contributed by atoms with Crippen LogP contribution in [0, 0.1) is 5.92 Å². The lowest BCUT2D eigenvalue weighted by Gasteiger charge is -2.28. The zero-order chi connectivity index (χ0) is 21.9. The van der Waals surface area contributed by atoms with Crippen molar-refractivity contribution in [3.63, 3.8) is 0 Å². The largest absolute Gasteiger partial charge is 0.444 e. The maximum atomic E-state index is 12.8. The lowest BCUT2D eigenvalue weighted by molar-refractivity contribution is -0.124. The van der Waals surface area contributed by atoms with Crippen molar-refractivity contribution in [2.45, 2.75) is 64.3 Å². The predicted molar refractivity (Wildman–Crippen MR) is 115 cm³/mol. The molecule has 1 aromatic rings. The topological polar surface area (TPSA) is 95.9 Å². The molecule has 4 atom stereocenters. The highest BCUT2D eigenvalue weighted by atomic mass is 16.6. The van der Waals surface area contributed by atoms with Crippen LogP contribution in [-0.4, -0.2) is 46.9 Å². The Balaban J connectivity index is 1.96. The minimum atomic E-state index is -0.594. The molecule has 2 unspecified atom stereocenters. The summed E-state index contributed by atoms with van der Waals surface area (Å²) < 4.78 is 5.44. The minimum absolute atomic E-state index is 0.0306. The SMILES string of the molecule is CC[C@@H]1/C=C/C[C@H](NC(=O)OC(C)(C)C)c2cc(ccn2)C2C(C=NN2C)NC1=O. The summed E-state index contributed by atoms with van der Waals surface area (Å²) in [5.41, 5.74) is 1.12. The molecule has 2 N–H and O–H groups in total. The maximum absolute atomic E-state index is 12.8. The van der Waals surface area contributed by atoms with Crippen LogP contribution in [0.5, 0.6) is 0 Å². The Hall–Kier alpha value is -2.90. The number of carbonyl (C=O) groups is 2. The first-order chi connectivity index (χ1) is 14.2. The molecule has 2 bridgehead atoms. The number of likely N-dealkylation sites (N-methyl/N-ethyl adjacent to an activating group) is 1. The molecule has 0 fully saturated rings. The van der Waals surface area contributed by atoms with Gasteiger partial charge in [0, 0.05) is 19.5 Å². The van der Waals surface area contributed by atoms with Crippen LogP contribution >= 0.6 is 0 Å². The number of aromatic nitrogens is 1. The number of nitrogens with zero attached hydrogens (tertiary/aromatic N) is 3. The average Bonchev–Trinajstić information content (AvgIpc) is 3.02. The van der Waals surface area contributed by atoms with Crippen LogP contribution in [0.25, 0.3) is 0 Å². The van der Waals surface area contributed by atoms with Crippen LogP contribution in [0.4, 0.5) is 4.79 Å². The Labute approximate surface area is 177 Å². The summed E-state index contributed by atoms with van der Waals surface area (Å²) in [5, 5.41) is 12.3. The normalized spacial score (nSPS) is 27.4. The molecule has 0 radical (unpaired) electrons. The summed E-state index contributed by atoms with van der Waals surface area (Å²) in [7, 11) is 1.88. The summed E-state index contributed by atoms with van der Waals surface area (Å²) in [6, 6.07) is 3.13. The zero-order valence-electron chi connectivity index (χ0n) is 18.3. The van der Waals surface area contributed by atoms with Gasteiger partial charge in [-0.1, -0.05) is 19.1 Å². The Morgan fingerprint density at radius 3 is 2.87 bits per heavy atom. The van der Waals surface area contributed by atoms with Crippen molar-refractivity contribution in [2.75, 3.05) is 7.05 Å². The van der Waals surface area contributed by atoms with Gasteiger partial charge in [-0.2, -0.15) is 5.10 Å². The lowest BCUT2D eigenvalue weighted by Crippen LogP contribution is -2.43. The van der Waals surface area contributed by atoms with E-state index >= 15 is 0 Å². The fourth-order valence-electron chi connectivity index (χ4n) is 3.70. The molecule has 2 amide bonds. The highest BCUT2D eigenvalue weighted by molar-refractivity contribution is 5.84. The summed E-state index contributed by atoms with van der Waals surface area (Å²) in [6.07, 6.45) is 8.00. The van der Waals surface area contributed by atoms with E-state index in [9.17, 15) is 9.59 Å². The van der Waals surface area contributed by atoms with Gasteiger partial charge in [-0.15, -0.1) is 0 Å². The van der Waals surface area contributed by atoms with Crippen LogP contribution in [0.15, 0.2) is 35.6 Å². The van der Waals surface area contributed by atoms with Crippen LogP contribution in [0.1, 0.15) is 63.9 Å². The number of nitrogens with one attached hydrogen (secondary N) is 2. The van der Waals surface area contributed by atoms with Gasteiger partial charge in [0.25, 0.3) is 0 Å². The zero-order valence-corrected chi connectivity index (χ0v) is 18.3. The number of fused-ring (bicyclic) bond motifs is 4. The average molecular weight is 414 g/mol. The second kappa shape index (κ2) is 8.85. The number of hydrazone groups is 1. The van der Waals surface area contributed by atoms with Gasteiger partial charge in [-0.3, -0.25) is 14.8 Å². The third-order valence-electron chi connectivity index (χ3n) is 5.17. The van der Waals surface area contributed by atoms with Gasteiger partial charge < -0.3 is 15.4 Å². The van der Waals surface area contributed by atoms with Crippen molar-refractivity contribution in [3.05, 3.63) is 41.7 Å². The fraction of sp³-hybridized carbons (Fsp3) is 0.545. The van der Waals surface area contributed by atoms with E-state index in [1.54, 1.807) is 12.4 Å². The molecule has 8 nitrogen and oxygen atoms in total. The third-order valence-corrected chi connectivity index (χ3v) is 5.17. The van der Waals surface area contributed by atoms with Crippen LogP contribution in [0.2, 0.25) is 0 Å². The van der Waals surface area contributed by atoms with Gasteiger partial charge in [0.05, 0.1) is 29.7 Å². The van der Waals surface area contributed by atoms with E-state index in [1.807, 2.05) is 64.0 Å². The van der Waals surface area contributed by atoms with E-state index in [4.69, 9.17) is 4.74 Å². The van der Waals surface area contributed by atoms with E-state index in [1.165, 1.54) is 0 Å². The van der Waals surface area contributed by atoms with Crippen LogP contribution in [0.3, 0.4) is 0 Å². The van der Waals surface area contributed by atoms with Crippen molar-refractivity contribution < 1.29 is 14.3 Å². The summed E-state index contributed by atoms with van der Waals surface area (Å²) in [5.74, 6) is -0.283. The molecule has 8 heteroatoms. The van der Waals surface area contributed by atoms with Crippen molar-refractivity contribution in [2.24, 2.45) is 11.0 Å². The Bertz CT molecular complexity index is 845. The first kappa shape index (κ1) is 21.8. The summed E-state index contributed by atoms with van der Waals surface area (Å²) in [4.78, 5) is 29.7. The second-order valence-electron chi connectivity index (χ2n) is 8.71. The van der Waals surface area contributed by atoms with Gasteiger partial charge in [0.2, 0.25) is 5.91 Å². The Morgan fingerprint density at radius 2 is 2.17 bits per heavy atom. The summed E-state index contributed by atoms with van der Waals surface area (Å²) >= 11 is 0. The third kappa shape index (κ3) is 5.17. The van der Waals surface area contributed by atoms with Gasteiger partial charge in [0.15, 0.2) is 0 Å². The Morgan fingerprint density at radius 1 is 1.40 bits per heavy atom. The maximum Gasteiger partial charge on any atom is 0.408 e. The molecule has 3 rings (SSSR count). The van der Waals surface area contributed by atoms with Gasteiger partial charge in [-0.05, 0) is 51.3 Å². The molecule has 30 heavy (non-hydrogen) atoms. The van der Waals surface area contributed by atoms with Crippen molar-refractivity contribution in [3.8, 4) is 0 Å². The number of pyridine rings is 1. The van der Waals surface area contributed by atoms with Gasteiger partial charge >= 0.3 is 6.09 Å². The molecule has 3 heterocycles. The first-order valence-corrected chi connectivity index (χ1v) is 10.4. The first-order valence-electron chi connectivity index (χ1n) is 10.4. The van der Waals surface area contributed by atoms with Crippen LogP contribution < -0.4 is 10.6 Å². The predicted octanol–water partition coefficient (Wildman–Crippen LogP) is 3.09. The molecule has 0 saturated heterocycles. The molecule has 0 aliphatic carbocycles. The molecular weight excluding hydrogens is 382 g/mol. The van der Waals surface area contributed by atoms with Gasteiger partial charge in [-0.25, -0.2) is 4.79 Å². The van der Waals surface area contributed by atoms with Crippen molar-refractivity contribution in [1.82, 2.24) is 20.6 Å². The molecule has 162 valence electrons. The monoisotopic (exact) mass is 413 g/mol. The summed E-state index contributed by atoms with van der Waals surface area (Å²) in [6.45, 7) is 7.46. The molecule has 1 aromatic heterocycles. The molecular formula is C22H31N5O3. The van der Waals surface area contributed by atoms with E-state index in [-0.39, 0.29) is 30.0 Å². The number of rotatable bonds is 2. The number of hydrogen-bond acceptors (Lipinski definition) is 6. The molecule has 0 saturated carbocycles. The van der Waals surface area contributed by atoms with E-state index in [0.29, 0.717) is 12.8 Å². The Kier molecular flexibility index (Phi) is 6.43. The second-order valence-corrected chi connectivity index (χ2v) is 8.71. The van der Waals surface area contributed by atoms with E-state index < -0.39 is 11.7 Å². The number of amides is 2. The standard InChI is InChI=1S/C22H31N5O3/c1-6-14-8-7-9-16(26-21(29)30-22(2,3)4)17-12-15(10-11-23-17)19-18(25-20(14)28)13-24-27(19)5/h7-8,10-14,16,18-19H,6,9H2,1-5H3,(H,25,28)(H,26,29)/b8-7+/t14-,16+,18?,19?/m1/s1. The molecule has 0 spiro atoms. The fourth-order valence-corrected chi connectivity index (χ4v) is 3.70. The molecule has 0 aromatic carbocycles. The van der Waals surface area contributed by atoms with Crippen molar-refractivity contribution in [1.29, 1.82) is 0 Å². The number of hydrogen-bond donors (Lipinski definition) is 2. The van der Waals surface area contributed by atoms with Crippen molar-refractivity contribution >= 4 is 18.2 Å². The molecule has 2 aliphatic heterocycles. The number of alkyl carbamates (subject to hydrolysis) is 1. The smallest absolute Gasteiger partial charge is 0.408 e. The molecule has 2 aliphatic rings. The quantitative estimate of drug-likeness (QED) is 0.727. The highest BCUT2D eigenvalue weighted by Gasteiger charge is 2.33. The van der Waals surface area contributed by atoms with E-state index in [2.05, 4.69) is 20.7 Å². The highest BCUT2D eigenvalue weighted by Crippen LogP contribution is 2.30. The van der Waals surface area contributed by atoms with Gasteiger partial charge in [0.1, 0.15) is 5.60 Å². The van der Waals surface area contributed by atoms with E-state index in [0.717, 1.165) is 11.3 Å². The number of carbonyl (C=O) groups excluding carboxylic acids is 2. The number of ether oxygens (including phenoxy) is 1. The minimum Gasteiger partial charge on any atom is -0.444 e. The lowest BCUT2D eigenvalue weighted by atomic mass is 9.95. The van der Waals surface area contributed by atoms with Crippen LogP contribution in [-0.2, 0) is 9.53 Å².